The summed E-state index contributed by atoms with van der Waals surface area (Å²) < 4.78 is 0. The van der Waals surface area contributed by atoms with Crippen molar-refractivity contribution in [3.8, 4) is 0 Å². The van der Waals surface area contributed by atoms with Gasteiger partial charge in [0.1, 0.15) is 5.60 Å². The number of aryl methyl sites for hydroxylation is 1. The highest BCUT2D eigenvalue weighted by molar-refractivity contribution is 7.12. The van der Waals surface area contributed by atoms with E-state index in [1.807, 2.05) is 0 Å². The van der Waals surface area contributed by atoms with Crippen molar-refractivity contribution in [2.75, 3.05) is 0 Å². The van der Waals surface area contributed by atoms with E-state index in [-0.39, 0.29) is 5.41 Å². The summed E-state index contributed by atoms with van der Waals surface area (Å²) in [6.45, 7) is 6.45. The van der Waals surface area contributed by atoms with Crippen molar-refractivity contribution in [2.45, 2.75) is 45.6 Å². The molecule has 0 bridgehead atoms. The molecule has 0 aliphatic heterocycles. The molecule has 0 radical (unpaired) electrons. The first-order valence-corrected chi connectivity index (χ1v) is 6.07. The van der Waals surface area contributed by atoms with Gasteiger partial charge in [-0.15, -0.1) is 11.3 Å². The molecule has 1 aromatic rings. The molecule has 0 saturated heterocycles. The van der Waals surface area contributed by atoms with Gasteiger partial charge in [-0.2, -0.15) is 0 Å². The molecule has 78 valence electrons. The van der Waals surface area contributed by atoms with Crippen LogP contribution in [0, 0.1) is 12.3 Å². The van der Waals surface area contributed by atoms with Gasteiger partial charge >= 0.3 is 0 Å². The van der Waals surface area contributed by atoms with Gasteiger partial charge in [-0.3, -0.25) is 0 Å². The van der Waals surface area contributed by atoms with E-state index in [0.717, 1.165) is 24.1 Å². The van der Waals surface area contributed by atoms with Crippen molar-refractivity contribution < 1.29 is 5.11 Å². The van der Waals surface area contributed by atoms with Crippen LogP contribution >= 0.6 is 11.3 Å². The van der Waals surface area contributed by atoms with E-state index in [1.165, 1.54) is 4.88 Å². The zero-order valence-corrected chi connectivity index (χ0v) is 9.95. The van der Waals surface area contributed by atoms with Crippen molar-refractivity contribution in [2.24, 2.45) is 5.41 Å². The highest BCUT2D eigenvalue weighted by Crippen LogP contribution is 2.53. The average Bonchev–Trinajstić information content (AvgIpc) is 2.60. The van der Waals surface area contributed by atoms with Crippen molar-refractivity contribution in [1.82, 2.24) is 0 Å². The maximum absolute atomic E-state index is 10.7. The SMILES string of the molecule is Cc1ccc(C2(O)CCCC2(C)C)s1. The minimum Gasteiger partial charge on any atom is -0.384 e. The van der Waals surface area contributed by atoms with Gasteiger partial charge in [0.2, 0.25) is 0 Å². The van der Waals surface area contributed by atoms with E-state index in [2.05, 4.69) is 32.9 Å². The quantitative estimate of drug-likeness (QED) is 0.752. The Balaban J connectivity index is 2.41. The van der Waals surface area contributed by atoms with Crippen LogP contribution in [-0.4, -0.2) is 5.11 Å². The van der Waals surface area contributed by atoms with Crippen molar-refractivity contribution >= 4 is 11.3 Å². The average molecular weight is 210 g/mol. The normalized spacial score (nSPS) is 30.9. The molecule has 2 heteroatoms. The van der Waals surface area contributed by atoms with Crippen molar-refractivity contribution in [1.29, 1.82) is 0 Å². The Morgan fingerprint density at radius 3 is 2.43 bits per heavy atom. The standard InChI is InChI=1S/C12H18OS/c1-9-5-6-10(14-9)12(13)8-4-7-11(12,2)3/h5-6,13H,4,7-8H2,1-3H3. The fraction of sp³-hybridized carbons (Fsp3) is 0.667. The van der Waals surface area contributed by atoms with Gasteiger partial charge in [0.15, 0.2) is 0 Å². The summed E-state index contributed by atoms with van der Waals surface area (Å²) >= 11 is 1.74. The monoisotopic (exact) mass is 210 g/mol. The Bertz CT molecular complexity index is 340. The van der Waals surface area contributed by atoms with Gasteiger partial charge in [0, 0.05) is 9.75 Å². The summed E-state index contributed by atoms with van der Waals surface area (Å²) in [6, 6.07) is 4.19. The zero-order chi connectivity index (χ0) is 10.4. The summed E-state index contributed by atoms with van der Waals surface area (Å²) in [6.07, 6.45) is 3.18. The third-order valence-corrected chi connectivity index (χ3v) is 4.76. The largest absolute Gasteiger partial charge is 0.384 e. The molecule has 1 unspecified atom stereocenters. The molecule has 0 aromatic carbocycles. The molecule has 1 aromatic heterocycles. The van der Waals surface area contributed by atoms with Crippen LogP contribution < -0.4 is 0 Å². The lowest BCUT2D eigenvalue weighted by atomic mass is 9.77. The molecular formula is C12H18OS. The van der Waals surface area contributed by atoms with Crippen LogP contribution in [-0.2, 0) is 5.60 Å². The van der Waals surface area contributed by atoms with Gasteiger partial charge in [-0.1, -0.05) is 13.8 Å². The summed E-state index contributed by atoms with van der Waals surface area (Å²) in [5.41, 5.74) is -0.545. The predicted octanol–water partition coefficient (Wildman–Crippen LogP) is 3.45. The van der Waals surface area contributed by atoms with Crippen LogP contribution in [0.1, 0.15) is 42.9 Å². The van der Waals surface area contributed by atoms with Crippen LogP contribution in [0.4, 0.5) is 0 Å². The Morgan fingerprint density at radius 1 is 1.29 bits per heavy atom. The molecule has 2 rings (SSSR count). The van der Waals surface area contributed by atoms with E-state index in [9.17, 15) is 5.11 Å². The molecular weight excluding hydrogens is 192 g/mol. The molecule has 14 heavy (non-hydrogen) atoms. The highest BCUT2D eigenvalue weighted by Gasteiger charge is 2.49. The first-order chi connectivity index (χ1) is 6.46. The van der Waals surface area contributed by atoms with Crippen molar-refractivity contribution in [3.05, 3.63) is 21.9 Å². The molecule has 1 fully saturated rings. The fourth-order valence-corrected chi connectivity index (χ4v) is 3.61. The predicted molar refractivity (Wildman–Crippen MR) is 60.6 cm³/mol. The lowest BCUT2D eigenvalue weighted by Gasteiger charge is -2.36. The molecule has 1 aliphatic carbocycles. The highest BCUT2D eigenvalue weighted by atomic mass is 32.1. The van der Waals surface area contributed by atoms with Gasteiger partial charge in [0.25, 0.3) is 0 Å². The Kier molecular flexibility index (Phi) is 2.24. The van der Waals surface area contributed by atoms with Gasteiger partial charge in [0.05, 0.1) is 0 Å². The number of thiophene rings is 1. The fourth-order valence-electron chi connectivity index (χ4n) is 2.44. The minimum absolute atomic E-state index is 0.0320. The second-order valence-corrected chi connectivity index (χ2v) is 6.30. The van der Waals surface area contributed by atoms with Crippen LogP contribution in [0.2, 0.25) is 0 Å². The summed E-state index contributed by atoms with van der Waals surface area (Å²) in [7, 11) is 0. The number of aliphatic hydroxyl groups is 1. The van der Waals surface area contributed by atoms with Crippen LogP contribution in [0.25, 0.3) is 0 Å². The van der Waals surface area contributed by atoms with Gasteiger partial charge in [-0.05, 0) is 43.7 Å². The first-order valence-electron chi connectivity index (χ1n) is 5.25. The Labute approximate surface area is 89.8 Å². The molecule has 1 saturated carbocycles. The van der Waals surface area contributed by atoms with Crippen LogP contribution in [0.15, 0.2) is 12.1 Å². The summed E-state index contributed by atoms with van der Waals surface area (Å²) in [4.78, 5) is 2.44. The molecule has 0 amide bonds. The van der Waals surface area contributed by atoms with Crippen LogP contribution in [0.3, 0.4) is 0 Å². The van der Waals surface area contributed by atoms with E-state index in [4.69, 9.17) is 0 Å². The third-order valence-electron chi connectivity index (χ3n) is 3.61. The lowest BCUT2D eigenvalue weighted by Crippen LogP contribution is -2.36. The zero-order valence-electron chi connectivity index (χ0n) is 9.13. The van der Waals surface area contributed by atoms with Gasteiger partial charge < -0.3 is 5.11 Å². The van der Waals surface area contributed by atoms with Crippen molar-refractivity contribution in [3.63, 3.8) is 0 Å². The summed E-state index contributed by atoms with van der Waals surface area (Å²) in [5.74, 6) is 0. The maximum Gasteiger partial charge on any atom is 0.104 e. The third kappa shape index (κ3) is 1.32. The summed E-state index contributed by atoms with van der Waals surface area (Å²) in [5, 5.41) is 10.7. The molecule has 1 atom stereocenters. The molecule has 1 N–H and O–H groups in total. The van der Waals surface area contributed by atoms with E-state index in [1.54, 1.807) is 11.3 Å². The number of hydrogen-bond acceptors (Lipinski definition) is 2. The van der Waals surface area contributed by atoms with E-state index in [0.29, 0.717) is 0 Å². The molecule has 1 nitrogen and oxygen atoms in total. The van der Waals surface area contributed by atoms with Crippen LogP contribution in [0.5, 0.6) is 0 Å². The maximum atomic E-state index is 10.7. The number of rotatable bonds is 1. The molecule has 0 spiro atoms. The van der Waals surface area contributed by atoms with E-state index < -0.39 is 5.60 Å². The lowest BCUT2D eigenvalue weighted by molar-refractivity contribution is -0.0453. The molecule has 1 heterocycles. The van der Waals surface area contributed by atoms with Gasteiger partial charge in [-0.25, -0.2) is 0 Å². The Hall–Kier alpha value is -0.340. The smallest absolute Gasteiger partial charge is 0.104 e. The Morgan fingerprint density at radius 2 is 2.00 bits per heavy atom. The topological polar surface area (TPSA) is 20.2 Å². The first kappa shape index (κ1) is 10.2. The molecule has 1 aliphatic rings. The van der Waals surface area contributed by atoms with E-state index >= 15 is 0 Å². The second kappa shape index (κ2) is 3.07. The minimum atomic E-state index is -0.577. The second-order valence-electron chi connectivity index (χ2n) is 5.01. The number of hydrogen-bond donors (Lipinski definition) is 1.